The van der Waals surface area contributed by atoms with Gasteiger partial charge in [-0.25, -0.2) is 0 Å². The predicted octanol–water partition coefficient (Wildman–Crippen LogP) is 8.32. The summed E-state index contributed by atoms with van der Waals surface area (Å²) in [7, 11) is 0. The van der Waals surface area contributed by atoms with Gasteiger partial charge in [0.2, 0.25) is 0 Å². The highest BCUT2D eigenvalue weighted by Crippen LogP contribution is 2.39. The number of hydrogen-bond acceptors (Lipinski definition) is 0. The maximum absolute atomic E-state index is 3.88. The third kappa shape index (κ3) is 5.15. The van der Waals surface area contributed by atoms with Crippen LogP contribution in [0.2, 0.25) is 0 Å². The molecular formula is C30H38. The lowest BCUT2D eigenvalue weighted by molar-refractivity contribution is 0.312. The number of benzene rings is 2. The highest BCUT2D eigenvalue weighted by Gasteiger charge is 2.23. The molecule has 0 saturated heterocycles. The summed E-state index contributed by atoms with van der Waals surface area (Å²) in [5, 5.41) is 0. The van der Waals surface area contributed by atoms with E-state index in [1.54, 1.807) is 22.3 Å². The summed E-state index contributed by atoms with van der Waals surface area (Å²) in [5.74, 6) is 2.39. The van der Waals surface area contributed by atoms with Crippen molar-refractivity contribution < 1.29 is 0 Å². The van der Waals surface area contributed by atoms with Crippen LogP contribution in [0.25, 0.3) is 0 Å². The molecule has 0 aromatic heterocycles. The largest absolute Gasteiger partial charge is 0.103 e. The summed E-state index contributed by atoms with van der Waals surface area (Å²) in [5.41, 5.74) is 7.73. The molecule has 2 aliphatic carbocycles. The maximum Gasteiger partial charge on any atom is -0.0118 e. The van der Waals surface area contributed by atoms with Gasteiger partial charge in [0.25, 0.3) is 0 Å². The van der Waals surface area contributed by atoms with E-state index in [2.05, 4.69) is 61.7 Å². The minimum Gasteiger partial charge on any atom is -0.103 e. The van der Waals surface area contributed by atoms with E-state index in [0.29, 0.717) is 5.92 Å². The maximum atomic E-state index is 3.88. The minimum atomic E-state index is 0.681. The highest BCUT2D eigenvalue weighted by molar-refractivity contribution is 5.38. The molecule has 1 fully saturated rings. The second-order valence-electron chi connectivity index (χ2n) is 9.62. The normalized spacial score (nSPS) is 23.5. The Kier molecular flexibility index (Phi) is 7.26. The van der Waals surface area contributed by atoms with E-state index < -0.39 is 0 Å². The lowest BCUT2D eigenvalue weighted by Gasteiger charge is -2.29. The average molecular weight is 399 g/mol. The SMILES string of the molecule is C=CCCc1ccc2c(c1)CCC(c1ccc(C3CCC(CCC=C)CC3)cc1)C2. The van der Waals surface area contributed by atoms with Gasteiger partial charge in [0.05, 0.1) is 0 Å². The number of hydrogen-bond donors (Lipinski definition) is 0. The Morgan fingerprint density at radius 2 is 1.43 bits per heavy atom. The molecule has 2 aromatic carbocycles. The Balaban J connectivity index is 1.35. The van der Waals surface area contributed by atoms with E-state index >= 15 is 0 Å². The molecule has 1 saturated carbocycles. The predicted molar refractivity (Wildman–Crippen MR) is 130 cm³/mol. The summed E-state index contributed by atoms with van der Waals surface area (Å²) in [6, 6.07) is 16.9. The zero-order valence-corrected chi connectivity index (χ0v) is 18.6. The van der Waals surface area contributed by atoms with Crippen molar-refractivity contribution in [2.45, 2.75) is 82.5 Å². The fourth-order valence-corrected chi connectivity index (χ4v) is 5.70. The van der Waals surface area contributed by atoms with Crippen LogP contribution in [0.3, 0.4) is 0 Å². The van der Waals surface area contributed by atoms with Gasteiger partial charge in [-0.1, -0.05) is 54.6 Å². The Hall–Kier alpha value is -2.08. The van der Waals surface area contributed by atoms with Crippen molar-refractivity contribution in [2.75, 3.05) is 0 Å². The van der Waals surface area contributed by atoms with Crippen molar-refractivity contribution in [1.29, 1.82) is 0 Å². The Labute approximate surface area is 184 Å². The van der Waals surface area contributed by atoms with E-state index in [9.17, 15) is 0 Å². The molecule has 1 atom stereocenters. The van der Waals surface area contributed by atoms with Crippen molar-refractivity contribution in [3.05, 3.63) is 95.6 Å². The second-order valence-corrected chi connectivity index (χ2v) is 9.62. The molecule has 0 spiro atoms. The van der Waals surface area contributed by atoms with Crippen LogP contribution in [-0.4, -0.2) is 0 Å². The first-order chi connectivity index (χ1) is 14.8. The lowest BCUT2D eigenvalue weighted by Crippen LogP contribution is -2.14. The molecule has 30 heavy (non-hydrogen) atoms. The summed E-state index contributed by atoms with van der Waals surface area (Å²) in [4.78, 5) is 0. The molecule has 0 N–H and O–H groups in total. The highest BCUT2D eigenvalue weighted by atomic mass is 14.3. The molecule has 0 nitrogen and oxygen atoms in total. The van der Waals surface area contributed by atoms with Gasteiger partial charge in [-0.3, -0.25) is 0 Å². The Morgan fingerprint density at radius 3 is 2.13 bits per heavy atom. The Bertz CT molecular complexity index is 833. The standard InChI is InChI=1S/C30H38/c1-3-5-7-23-9-12-25(13-10-23)26-15-17-27(18-16-26)29-20-19-28-21-24(8-6-4-2)11-14-30(28)22-29/h3-4,11,14-18,21,23,25,29H,1-2,5-10,12-13,19-20,22H2. The molecule has 1 unspecified atom stereocenters. The molecule has 0 heteroatoms. The molecule has 2 aromatic rings. The second kappa shape index (κ2) is 10.3. The third-order valence-electron chi connectivity index (χ3n) is 7.64. The van der Waals surface area contributed by atoms with Gasteiger partial charge in [0, 0.05) is 0 Å². The van der Waals surface area contributed by atoms with Gasteiger partial charge in [-0.2, -0.15) is 0 Å². The molecule has 2 aliphatic rings. The lowest BCUT2D eigenvalue weighted by atomic mass is 9.76. The number of fused-ring (bicyclic) bond motifs is 1. The van der Waals surface area contributed by atoms with E-state index in [-0.39, 0.29) is 0 Å². The molecular weight excluding hydrogens is 360 g/mol. The van der Waals surface area contributed by atoms with Crippen LogP contribution in [-0.2, 0) is 19.3 Å². The molecule has 158 valence electrons. The van der Waals surface area contributed by atoms with E-state index in [1.807, 2.05) is 6.08 Å². The first-order valence-electron chi connectivity index (χ1n) is 12.2. The van der Waals surface area contributed by atoms with Crippen molar-refractivity contribution in [1.82, 2.24) is 0 Å². The molecule has 0 amide bonds. The van der Waals surface area contributed by atoms with Gasteiger partial charge < -0.3 is 0 Å². The van der Waals surface area contributed by atoms with Crippen LogP contribution in [0.15, 0.2) is 67.8 Å². The number of rotatable bonds is 8. The van der Waals surface area contributed by atoms with Gasteiger partial charge >= 0.3 is 0 Å². The Morgan fingerprint density at radius 1 is 0.733 bits per heavy atom. The van der Waals surface area contributed by atoms with Crippen LogP contribution in [0, 0.1) is 5.92 Å². The van der Waals surface area contributed by atoms with Crippen LogP contribution in [0.4, 0.5) is 0 Å². The summed E-state index contributed by atoms with van der Waals surface area (Å²) < 4.78 is 0. The number of aryl methyl sites for hydroxylation is 2. The average Bonchev–Trinajstić information content (AvgIpc) is 2.81. The zero-order chi connectivity index (χ0) is 20.8. The monoisotopic (exact) mass is 398 g/mol. The van der Waals surface area contributed by atoms with E-state index in [1.165, 1.54) is 63.4 Å². The molecule has 0 bridgehead atoms. The third-order valence-corrected chi connectivity index (χ3v) is 7.64. The minimum absolute atomic E-state index is 0.681. The first-order valence-corrected chi connectivity index (χ1v) is 12.2. The molecule has 4 rings (SSSR count). The van der Waals surface area contributed by atoms with Crippen LogP contribution in [0.5, 0.6) is 0 Å². The van der Waals surface area contributed by atoms with Crippen LogP contribution >= 0.6 is 0 Å². The summed E-state index contributed by atoms with van der Waals surface area (Å²) in [6.07, 6.45) is 18.1. The molecule has 0 radical (unpaired) electrons. The van der Waals surface area contributed by atoms with Gasteiger partial charge in [-0.05, 0) is 116 Å². The fourth-order valence-electron chi connectivity index (χ4n) is 5.70. The van der Waals surface area contributed by atoms with Crippen molar-refractivity contribution in [3.63, 3.8) is 0 Å². The zero-order valence-electron chi connectivity index (χ0n) is 18.6. The summed E-state index contributed by atoms with van der Waals surface area (Å²) in [6.45, 7) is 7.73. The smallest absolute Gasteiger partial charge is 0.0118 e. The molecule has 0 aliphatic heterocycles. The topological polar surface area (TPSA) is 0 Å². The fraction of sp³-hybridized carbons (Fsp3) is 0.467. The molecule has 0 heterocycles. The summed E-state index contributed by atoms with van der Waals surface area (Å²) >= 11 is 0. The van der Waals surface area contributed by atoms with E-state index in [4.69, 9.17) is 0 Å². The van der Waals surface area contributed by atoms with Crippen LogP contribution < -0.4 is 0 Å². The quantitative estimate of drug-likeness (QED) is 0.392. The number of allylic oxidation sites excluding steroid dienone is 2. The van der Waals surface area contributed by atoms with Crippen molar-refractivity contribution >= 4 is 0 Å². The first kappa shape index (κ1) is 21.2. The van der Waals surface area contributed by atoms with Gasteiger partial charge in [0.1, 0.15) is 0 Å². The van der Waals surface area contributed by atoms with Crippen molar-refractivity contribution in [3.8, 4) is 0 Å². The van der Waals surface area contributed by atoms with Crippen LogP contribution in [0.1, 0.15) is 91.0 Å². The van der Waals surface area contributed by atoms with Gasteiger partial charge in [0.15, 0.2) is 0 Å². The van der Waals surface area contributed by atoms with Gasteiger partial charge in [-0.15, -0.1) is 13.2 Å². The van der Waals surface area contributed by atoms with E-state index in [0.717, 1.165) is 24.7 Å². The van der Waals surface area contributed by atoms with Crippen molar-refractivity contribution in [2.24, 2.45) is 5.92 Å².